The summed E-state index contributed by atoms with van der Waals surface area (Å²) < 4.78 is 27.5. The van der Waals surface area contributed by atoms with Crippen molar-refractivity contribution < 1.29 is 59.1 Å². The summed E-state index contributed by atoms with van der Waals surface area (Å²) in [6.07, 6.45) is -9.29. The number of benzene rings is 2. The van der Waals surface area contributed by atoms with E-state index in [0.717, 1.165) is 0 Å². The molecule has 0 saturated carbocycles. The lowest BCUT2D eigenvalue weighted by atomic mass is 9.99. The Morgan fingerprint density at radius 1 is 0.974 bits per heavy atom. The van der Waals surface area contributed by atoms with Gasteiger partial charge in [0.05, 0.1) is 30.8 Å². The zero-order valence-corrected chi connectivity index (χ0v) is 20.4. The number of aliphatic hydroxyl groups is 6. The summed E-state index contributed by atoms with van der Waals surface area (Å²) in [4.78, 5) is 13.0. The number of rotatable bonds is 7. The van der Waals surface area contributed by atoms with Crippen LogP contribution >= 0.6 is 0 Å². The van der Waals surface area contributed by atoms with Crippen molar-refractivity contribution in [3.05, 3.63) is 59.0 Å². The van der Waals surface area contributed by atoms with Gasteiger partial charge >= 0.3 is 0 Å². The zero-order chi connectivity index (χ0) is 27.9. The van der Waals surface area contributed by atoms with Crippen LogP contribution in [-0.4, -0.2) is 104 Å². The Balaban J connectivity index is 1.30. The van der Waals surface area contributed by atoms with Crippen LogP contribution in [0.4, 0.5) is 0 Å². The van der Waals surface area contributed by atoms with E-state index in [2.05, 4.69) is 0 Å². The highest BCUT2D eigenvalue weighted by molar-refractivity contribution is 5.82. The first kappa shape index (κ1) is 27.5. The summed E-state index contributed by atoms with van der Waals surface area (Å²) in [5.74, 6) is 0.181. The van der Waals surface area contributed by atoms with Gasteiger partial charge < -0.3 is 59.1 Å². The Bertz CT molecular complexity index is 1360. The summed E-state index contributed by atoms with van der Waals surface area (Å²) in [6, 6.07) is 10.4. The van der Waals surface area contributed by atoms with Gasteiger partial charge in [0.1, 0.15) is 59.5 Å². The minimum Gasteiger partial charge on any atom is -0.508 e. The standard InChI is InChI=1S/C26H28O13/c27-10-26(34)11-37-25(23(26)33)36-9-18-20(30)21(31)22(32)24(39-18)38-14-5-6-15-17(7-14)35-8-16(19(15)29)12-1-3-13(28)4-2-12/h1-8,18,20-25,27-28,30-34H,9-11H2/t18-,20-,21+,22-,23+,24-,25-,26-/m1/s1. The summed E-state index contributed by atoms with van der Waals surface area (Å²) in [5, 5.41) is 70.3. The molecule has 2 aliphatic rings. The van der Waals surface area contributed by atoms with Gasteiger partial charge in [-0.05, 0) is 29.8 Å². The molecule has 7 N–H and O–H groups in total. The quantitative estimate of drug-likeness (QED) is 0.185. The summed E-state index contributed by atoms with van der Waals surface area (Å²) in [5.41, 5.74) is -1.21. The van der Waals surface area contributed by atoms with Crippen LogP contribution in [0.5, 0.6) is 11.5 Å². The fourth-order valence-corrected chi connectivity index (χ4v) is 4.43. The Morgan fingerprint density at radius 2 is 1.72 bits per heavy atom. The number of hydrogen-bond acceptors (Lipinski definition) is 13. The van der Waals surface area contributed by atoms with E-state index < -0.39 is 61.9 Å². The Hall–Kier alpha value is -3.11. The molecular formula is C26H28O13. The molecule has 0 aliphatic carbocycles. The fourth-order valence-electron chi connectivity index (χ4n) is 4.43. The van der Waals surface area contributed by atoms with Crippen LogP contribution in [0.1, 0.15) is 0 Å². The van der Waals surface area contributed by atoms with E-state index in [9.17, 15) is 40.5 Å². The third-order valence-electron chi connectivity index (χ3n) is 6.85. The van der Waals surface area contributed by atoms with Crippen molar-refractivity contribution in [1.82, 2.24) is 0 Å². The number of aromatic hydroxyl groups is 1. The predicted molar refractivity (Wildman–Crippen MR) is 131 cm³/mol. The number of phenols is 1. The molecule has 3 heterocycles. The van der Waals surface area contributed by atoms with E-state index in [1.54, 1.807) is 12.1 Å². The lowest BCUT2D eigenvalue weighted by molar-refractivity contribution is -0.289. The molecule has 0 spiro atoms. The second-order valence-corrected chi connectivity index (χ2v) is 9.54. The number of hydrogen-bond donors (Lipinski definition) is 7. The molecule has 2 fully saturated rings. The minimum absolute atomic E-state index is 0.0580. The predicted octanol–water partition coefficient (Wildman–Crippen LogP) is -1.19. The first-order valence-electron chi connectivity index (χ1n) is 12.1. The summed E-state index contributed by atoms with van der Waals surface area (Å²) in [6.45, 7) is -1.58. The van der Waals surface area contributed by atoms with Crippen LogP contribution in [0.25, 0.3) is 22.1 Å². The van der Waals surface area contributed by atoms with Crippen molar-refractivity contribution in [2.75, 3.05) is 19.8 Å². The van der Waals surface area contributed by atoms with Gasteiger partial charge in [-0.15, -0.1) is 0 Å². The highest BCUT2D eigenvalue weighted by atomic mass is 16.7. The second kappa shape index (κ2) is 10.8. The maximum absolute atomic E-state index is 13.0. The number of aliphatic hydroxyl groups excluding tert-OH is 5. The van der Waals surface area contributed by atoms with Crippen molar-refractivity contribution in [2.45, 2.75) is 48.7 Å². The molecule has 39 heavy (non-hydrogen) atoms. The van der Waals surface area contributed by atoms with E-state index >= 15 is 0 Å². The van der Waals surface area contributed by atoms with Gasteiger partial charge in [0, 0.05) is 6.07 Å². The molecule has 1 aromatic heterocycles. The first-order valence-corrected chi connectivity index (χ1v) is 12.1. The van der Waals surface area contributed by atoms with Gasteiger partial charge in [0.15, 0.2) is 11.7 Å². The lowest BCUT2D eigenvalue weighted by Crippen LogP contribution is -2.60. The smallest absolute Gasteiger partial charge is 0.229 e. The van der Waals surface area contributed by atoms with Crippen molar-refractivity contribution in [1.29, 1.82) is 0 Å². The highest BCUT2D eigenvalue weighted by Gasteiger charge is 2.50. The third kappa shape index (κ3) is 5.24. The molecule has 2 saturated heterocycles. The monoisotopic (exact) mass is 548 g/mol. The van der Waals surface area contributed by atoms with Gasteiger partial charge in [-0.3, -0.25) is 4.79 Å². The van der Waals surface area contributed by atoms with Crippen molar-refractivity contribution in [2.24, 2.45) is 0 Å². The largest absolute Gasteiger partial charge is 0.508 e. The van der Waals surface area contributed by atoms with Crippen LogP contribution in [0.15, 0.2) is 57.9 Å². The molecule has 0 amide bonds. The van der Waals surface area contributed by atoms with Crippen molar-refractivity contribution in [3.8, 4) is 22.6 Å². The average molecular weight is 548 g/mol. The van der Waals surface area contributed by atoms with Crippen LogP contribution in [-0.2, 0) is 14.2 Å². The summed E-state index contributed by atoms with van der Waals surface area (Å²) >= 11 is 0. The van der Waals surface area contributed by atoms with Crippen molar-refractivity contribution in [3.63, 3.8) is 0 Å². The molecule has 13 heteroatoms. The summed E-state index contributed by atoms with van der Waals surface area (Å²) in [7, 11) is 0. The normalized spacial score (nSPS) is 32.9. The molecule has 3 aromatic rings. The van der Waals surface area contributed by atoms with Crippen LogP contribution in [0.3, 0.4) is 0 Å². The van der Waals surface area contributed by atoms with E-state index in [1.165, 1.54) is 36.6 Å². The average Bonchev–Trinajstić information content (AvgIpc) is 3.22. The van der Waals surface area contributed by atoms with Gasteiger partial charge in [-0.25, -0.2) is 0 Å². The Morgan fingerprint density at radius 3 is 2.41 bits per heavy atom. The van der Waals surface area contributed by atoms with Crippen LogP contribution in [0.2, 0.25) is 0 Å². The first-order chi connectivity index (χ1) is 18.6. The fraction of sp³-hybridized carbons (Fsp3) is 0.423. The Labute approximate surface area is 220 Å². The third-order valence-corrected chi connectivity index (χ3v) is 6.85. The molecule has 0 radical (unpaired) electrons. The number of phenolic OH excluding ortho intramolecular Hbond substituents is 1. The molecule has 210 valence electrons. The van der Waals surface area contributed by atoms with Gasteiger partial charge in [-0.1, -0.05) is 12.1 Å². The molecule has 5 rings (SSSR count). The SMILES string of the molecule is O=c1c(-c2ccc(O)cc2)coc2cc(O[C@@H]3O[C@H](CO[C@@H]4OC[C@](O)(CO)[C@H]4O)[C@@H](O)[C@H](O)[C@H]3O)ccc12. The number of ether oxygens (including phenoxy) is 4. The topological polar surface area (TPSA) is 209 Å². The minimum atomic E-state index is -1.91. The van der Waals surface area contributed by atoms with E-state index in [1.807, 2.05) is 0 Å². The van der Waals surface area contributed by atoms with E-state index in [0.29, 0.717) is 5.56 Å². The molecular weight excluding hydrogens is 520 g/mol. The second-order valence-electron chi connectivity index (χ2n) is 9.54. The van der Waals surface area contributed by atoms with Crippen molar-refractivity contribution >= 4 is 11.0 Å². The molecule has 13 nitrogen and oxygen atoms in total. The molecule has 8 atom stereocenters. The number of fused-ring (bicyclic) bond motifs is 1. The molecule has 2 aromatic carbocycles. The lowest BCUT2D eigenvalue weighted by Gasteiger charge is -2.40. The maximum atomic E-state index is 13.0. The van der Waals surface area contributed by atoms with Gasteiger partial charge in [0.25, 0.3) is 0 Å². The highest BCUT2D eigenvalue weighted by Crippen LogP contribution is 2.30. The van der Waals surface area contributed by atoms with E-state index in [4.69, 9.17) is 23.4 Å². The Kier molecular flexibility index (Phi) is 7.61. The van der Waals surface area contributed by atoms with Gasteiger partial charge in [-0.2, -0.15) is 0 Å². The molecule has 0 unspecified atom stereocenters. The molecule has 0 bridgehead atoms. The van der Waals surface area contributed by atoms with Gasteiger partial charge in [0.2, 0.25) is 6.29 Å². The zero-order valence-electron chi connectivity index (χ0n) is 20.4. The van der Waals surface area contributed by atoms with E-state index in [-0.39, 0.29) is 40.1 Å². The maximum Gasteiger partial charge on any atom is 0.229 e. The molecule has 2 aliphatic heterocycles. The van der Waals surface area contributed by atoms with Crippen LogP contribution < -0.4 is 10.2 Å². The van der Waals surface area contributed by atoms with Crippen LogP contribution in [0, 0.1) is 0 Å².